The molecule has 4 rings (SSSR count). The van der Waals surface area contributed by atoms with Gasteiger partial charge in [-0.2, -0.15) is 5.10 Å². The summed E-state index contributed by atoms with van der Waals surface area (Å²) in [6.45, 7) is 5.06. The van der Waals surface area contributed by atoms with Crippen LogP contribution in [0.5, 0.6) is 0 Å². The SMILES string of the molecule is Cc1cc(C(=O)N(CCn2ccc(-c3ccncc3)n2)C2CCCC2)c(C)o1. The Balaban J connectivity index is 1.50. The molecule has 1 amide bonds. The van der Waals surface area contributed by atoms with Gasteiger partial charge in [-0.25, -0.2) is 0 Å². The van der Waals surface area contributed by atoms with E-state index in [1.54, 1.807) is 12.4 Å². The third-order valence-electron chi connectivity index (χ3n) is 5.48. The summed E-state index contributed by atoms with van der Waals surface area (Å²) in [6.07, 6.45) is 10.0. The van der Waals surface area contributed by atoms with E-state index in [-0.39, 0.29) is 5.91 Å². The van der Waals surface area contributed by atoms with Crippen molar-refractivity contribution in [2.45, 2.75) is 52.1 Å². The molecule has 146 valence electrons. The maximum absolute atomic E-state index is 13.2. The number of amides is 1. The molecule has 6 heteroatoms. The standard InChI is InChI=1S/C22H26N4O2/c1-16-15-20(17(2)28-16)22(27)26(19-5-3-4-6-19)14-13-25-12-9-21(24-25)18-7-10-23-11-8-18/h7-12,15,19H,3-6,13-14H2,1-2H3. The molecule has 0 radical (unpaired) electrons. The number of aryl methyl sites for hydroxylation is 2. The van der Waals surface area contributed by atoms with E-state index < -0.39 is 0 Å². The molecule has 6 nitrogen and oxygen atoms in total. The normalized spacial score (nSPS) is 14.5. The zero-order valence-corrected chi connectivity index (χ0v) is 16.5. The molecule has 0 unspecified atom stereocenters. The van der Waals surface area contributed by atoms with Crippen LogP contribution in [0.25, 0.3) is 11.3 Å². The van der Waals surface area contributed by atoms with Crippen molar-refractivity contribution in [3.8, 4) is 11.3 Å². The maximum atomic E-state index is 13.2. The summed E-state index contributed by atoms with van der Waals surface area (Å²) in [4.78, 5) is 19.3. The Morgan fingerprint density at radius 3 is 2.64 bits per heavy atom. The molecule has 0 aliphatic heterocycles. The minimum Gasteiger partial charge on any atom is -0.466 e. The van der Waals surface area contributed by atoms with Crippen LogP contribution in [0.15, 0.2) is 47.3 Å². The highest BCUT2D eigenvalue weighted by molar-refractivity contribution is 5.95. The van der Waals surface area contributed by atoms with E-state index in [1.165, 1.54) is 12.8 Å². The van der Waals surface area contributed by atoms with E-state index >= 15 is 0 Å². The van der Waals surface area contributed by atoms with Crippen LogP contribution < -0.4 is 0 Å². The minimum absolute atomic E-state index is 0.0720. The lowest BCUT2D eigenvalue weighted by Gasteiger charge is -2.29. The summed E-state index contributed by atoms with van der Waals surface area (Å²) in [5.74, 6) is 1.55. The Morgan fingerprint density at radius 1 is 1.21 bits per heavy atom. The highest BCUT2D eigenvalue weighted by Gasteiger charge is 2.29. The molecule has 0 bridgehead atoms. The number of nitrogens with zero attached hydrogens (tertiary/aromatic N) is 4. The Bertz CT molecular complexity index is 939. The first-order chi connectivity index (χ1) is 13.6. The third kappa shape index (κ3) is 3.86. The summed E-state index contributed by atoms with van der Waals surface area (Å²) in [5, 5.41) is 4.67. The zero-order valence-electron chi connectivity index (χ0n) is 16.5. The molecular formula is C22H26N4O2. The number of rotatable bonds is 6. The van der Waals surface area contributed by atoms with Gasteiger partial charge in [0.2, 0.25) is 0 Å². The fourth-order valence-corrected chi connectivity index (χ4v) is 4.04. The molecule has 0 saturated heterocycles. The van der Waals surface area contributed by atoms with Crippen molar-refractivity contribution in [1.29, 1.82) is 0 Å². The van der Waals surface area contributed by atoms with E-state index in [0.29, 0.717) is 30.5 Å². The molecule has 1 fully saturated rings. The molecule has 1 aliphatic carbocycles. The summed E-state index contributed by atoms with van der Waals surface area (Å²) < 4.78 is 7.51. The van der Waals surface area contributed by atoms with Gasteiger partial charge in [-0.15, -0.1) is 0 Å². The Morgan fingerprint density at radius 2 is 1.96 bits per heavy atom. The van der Waals surface area contributed by atoms with Gasteiger partial charge in [-0.05, 0) is 51.0 Å². The molecule has 3 heterocycles. The molecule has 3 aromatic heterocycles. The van der Waals surface area contributed by atoms with E-state index in [1.807, 2.05) is 53.9 Å². The average Bonchev–Trinajstić information content (AvgIpc) is 3.44. The van der Waals surface area contributed by atoms with Crippen molar-refractivity contribution < 1.29 is 9.21 Å². The summed E-state index contributed by atoms with van der Waals surface area (Å²) in [7, 11) is 0. The number of aromatic nitrogens is 3. The fraction of sp³-hybridized carbons (Fsp3) is 0.409. The van der Waals surface area contributed by atoms with Crippen LogP contribution in [-0.4, -0.2) is 38.2 Å². The number of carbonyl (C=O) groups is 1. The van der Waals surface area contributed by atoms with Crippen molar-refractivity contribution >= 4 is 5.91 Å². The lowest BCUT2D eigenvalue weighted by atomic mass is 10.1. The Kier molecular flexibility index (Phi) is 5.28. The molecule has 0 spiro atoms. The summed E-state index contributed by atoms with van der Waals surface area (Å²) >= 11 is 0. The summed E-state index contributed by atoms with van der Waals surface area (Å²) in [5.41, 5.74) is 2.65. The molecule has 0 N–H and O–H groups in total. The second-order valence-corrected chi connectivity index (χ2v) is 7.46. The van der Waals surface area contributed by atoms with Crippen molar-refractivity contribution in [3.63, 3.8) is 0 Å². The van der Waals surface area contributed by atoms with Gasteiger partial charge in [0.1, 0.15) is 11.5 Å². The van der Waals surface area contributed by atoms with Crippen LogP contribution in [0.2, 0.25) is 0 Å². The van der Waals surface area contributed by atoms with E-state index in [9.17, 15) is 4.79 Å². The van der Waals surface area contributed by atoms with Crippen LogP contribution in [-0.2, 0) is 6.54 Å². The van der Waals surface area contributed by atoms with Gasteiger partial charge < -0.3 is 9.32 Å². The van der Waals surface area contributed by atoms with Gasteiger partial charge in [-0.3, -0.25) is 14.5 Å². The minimum atomic E-state index is 0.0720. The van der Waals surface area contributed by atoms with Crippen LogP contribution >= 0.6 is 0 Å². The molecule has 1 aliphatic rings. The molecule has 28 heavy (non-hydrogen) atoms. The van der Waals surface area contributed by atoms with Gasteiger partial charge in [0, 0.05) is 36.7 Å². The van der Waals surface area contributed by atoms with Crippen LogP contribution in [0.1, 0.15) is 47.6 Å². The predicted molar refractivity (Wildman–Crippen MR) is 107 cm³/mol. The van der Waals surface area contributed by atoms with Gasteiger partial charge in [0.05, 0.1) is 17.8 Å². The predicted octanol–water partition coefficient (Wildman–Crippen LogP) is 4.24. The second kappa shape index (κ2) is 8.00. The first kappa shape index (κ1) is 18.5. The fourth-order valence-electron chi connectivity index (χ4n) is 4.04. The maximum Gasteiger partial charge on any atom is 0.257 e. The van der Waals surface area contributed by atoms with E-state index in [2.05, 4.69) is 10.1 Å². The first-order valence-electron chi connectivity index (χ1n) is 9.93. The van der Waals surface area contributed by atoms with Gasteiger partial charge >= 0.3 is 0 Å². The van der Waals surface area contributed by atoms with Gasteiger partial charge in [-0.1, -0.05) is 12.8 Å². The number of hydrogen-bond donors (Lipinski definition) is 0. The second-order valence-electron chi connectivity index (χ2n) is 7.46. The third-order valence-corrected chi connectivity index (χ3v) is 5.48. The lowest BCUT2D eigenvalue weighted by Crippen LogP contribution is -2.41. The van der Waals surface area contributed by atoms with Crippen LogP contribution in [0, 0.1) is 13.8 Å². The van der Waals surface area contributed by atoms with Crippen LogP contribution in [0.3, 0.4) is 0 Å². The molecule has 3 aromatic rings. The zero-order chi connectivity index (χ0) is 19.5. The smallest absolute Gasteiger partial charge is 0.257 e. The highest BCUT2D eigenvalue weighted by atomic mass is 16.3. The lowest BCUT2D eigenvalue weighted by molar-refractivity contribution is 0.0670. The highest BCUT2D eigenvalue weighted by Crippen LogP contribution is 2.26. The number of carbonyl (C=O) groups excluding carboxylic acids is 1. The van der Waals surface area contributed by atoms with Crippen molar-refractivity contribution in [2.75, 3.05) is 6.54 Å². The Labute approximate surface area is 165 Å². The summed E-state index contributed by atoms with van der Waals surface area (Å²) in [6, 6.07) is 8.06. The van der Waals surface area contributed by atoms with Crippen molar-refractivity contribution in [1.82, 2.24) is 19.7 Å². The number of furan rings is 1. The van der Waals surface area contributed by atoms with E-state index in [4.69, 9.17) is 4.42 Å². The van der Waals surface area contributed by atoms with Crippen molar-refractivity contribution in [2.24, 2.45) is 0 Å². The van der Waals surface area contributed by atoms with Gasteiger partial charge in [0.25, 0.3) is 5.91 Å². The average molecular weight is 378 g/mol. The Hall–Kier alpha value is -2.89. The first-order valence-corrected chi connectivity index (χ1v) is 9.93. The number of pyridine rings is 1. The molecule has 0 atom stereocenters. The monoisotopic (exact) mass is 378 g/mol. The number of hydrogen-bond acceptors (Lipinski definition) is 4. The molecule has 1 saturated carbocycles. The topological polar surface area (TPSA) is 64.2 Å². The largest absolute Gasteiger partial charge is 0.466 e. The quantitative estimate of drug-likeness (QED) is 0.643. The molecule has 0 aromatic carbocycles. The van der Waals surface area contributed by atoms with Gasteiger partial charge in [0.15, 0.2) is 0 Å². The van der Waals surface area contributed by atoms with E-state index in [0.717, 1.165) is 29.9 Å². The van der Waals surface area contributed by atoms with Crippen LogP contribution in [0.4, 0.5) is 0 Å². The van der Waals surface area contributed by atoms with Crippen molar-refractivity contribution in [3.05, 3.63) is 59.9 Å². The molecular weight excluding hydrogens is 352 g/mol.